The van der Waals surface area contributed by atoms with E-state index in [0.717, 1.165) is 54.6 Å². The van der Waals surface area contributed by atoms with E-state index in [2.05, 4.69) is 24.5 Å². The molecule has 3 aromatic carbocycles. The van der Waals surface area contributed by atoms with Crippen molar-refractivity contribution in [3.63, 3.8) is 0 Å². The van der Waals surface area contributed by atoms with Gasteiger partial charge in [-0.1, -0.05) is 55.5 Å². The summed E-state index contributed by atoms with van der Waals surface area (Å²) in [4.78, 5) is 16.4. The van der Waals surface area contributed by atoms with Crippen LogP contribution in [0.5, 0.6) is 23.0 Å². The van der Waals surface area contributed by atoms with Crippen molar-refractivity contribution in [2.45, 2.75) is 65.0 Å². The first-order valence-corrected chi connectivity index (χ1v) is 19.9. The van der Waals surface area contributed by atoms with Crippen molar-refractivity contribution in [2.75, 3.05) is 33.9 Å². The Balaban J connectivity index is 1.55. The van der Waals surface area contributed by atoms with Crippen molar-refractivity contribution >= 4 is 30.6 Å². The van der Waals surface area contributed by atoms with Gasteiger partial charge in [0.05, 0.1) is 30.1 Å². The Morgan fingerprint density at radius 2 is 1.43 bits per heavy atom. The van der Waals surface area contributed by atoms with Gasteiger partial charge in [-0.05, 0) is 67.4 Å². The lowest BCUT2D eigenvalue weighted by Gasteiger charge is -2.21. The molecule has 10 heteroatoms. The number of hydrogen-bond acceptors (Lipinski definition) is 7. The standard InChI is InChI=1S/C36H45ClN2O6Si/c1-41-29-12-8-26(9-13-29)23-44-32-20-31-33(34(37)36(32)45-24-27-10-14-30(42-2)15-11-27)35(40)28(21-38-16-6-7-17-38)22-39(31)25-43-18-19-46(3,4)5/h8-15,20,22H,6-7,16-19,21,23-25H2,1-5H3. The highest BCUT2D eigenvalue weighted by molar-refractivity contribution is 6.76. The molecule has 0 radical (unpaired) electrons. The molecule has 0 N–H and O–H groups in total. The minimum Gasteiger partial charge on any atom is -0.497 e. The van der Waals surface area contributed by atoms with Gasteiger partial charge in [0, 0.05) is 39.1 Å². The highest BCUT2D eigenvalue weighted by Gasteiger charge is 2.23. The third-order valence-corrected chi connectivity index (χ3v) is 10.3. The third kappa shape index (κ3) is 8.64. The quantitative estimate of drug-likeness (QED) is 0.0951. The van der Waals surface area contributed by atoms with Crippen molar-refractivity contribution in [3.8, 4) is 23.0 Å². The zero-order valence-electron chi connectivity index (χ0n) is 27.6. The lowest BCUT2D eigenvalue weighted by atomic mass is 10.1. The van der Waals surface area contributed by atoms with Crippen LogP contribution in [-0.4, -0.2) is 51.5 Å². The van der Waals surface area contributed by atoms with Gasteiger partial charge in [-0.2, -0.15) is 0 Å². The zero-order valence-corrected chi connectivity index (χ0v) is 29.3. The SMILES string of the molecule is COc1ccc(COc2cc3c(c(Cl)c2OCc2ccc(OC)cc2)c(=O)c(CN2CCCC2)cn3COCC[Si](C)(C)C)cc1. The van der Waals surface area contributed by atoms with E-state index in [9.17, 15) is 4.79 Å². The van der Waals surface area contributed by atoms with Crippen molar-refractivity contribution in [1.29, 1.82) is 0 Å². The highest BCUT2D eigenvalue weighted by atomic mass is 35.5. The topological polar surface area (TPSA) is 71.4 Å². The van der Waals surface area contributed by atoms with E-state index in [4.69, 9.17) is 35.3 Å². The van der Waals surface area contributed by atoms with E-state index < -0.39 is 8.07 Å². The maximum Gasteiger partial charge on any atom is 0.195 e. The molecule has 0 unspecified atom stereocenters. The number of benzene rings is 3. The number of methoxy groups -OCH3 is 2. The second-order valence-corrected chi connectivity index (χ2v) is 19.0. The summed E-state index contributed by atoms with van der Waals surface area (Å²) in [6, 6.07) is 18.2. The third-order valence-electron chi connectivity index (χ3n) is 8.22. The van der Waals surface area contributed by atoms with Gasteiger partial charge in [-0.25, -0.2) is 0 Å². The average molecular weight is 665 g/mol. The summed E-state index contributed by atoms with van der Waals surface area (Å²) in [7, 11) is 2.00. The Kier molecular flexibility index (Phi) is 11.3. The molecule has 1 aliphatic heterocycles. The molecule has 46 heavy (non-hydrogen) atoms. The number of halogens is 1. The summed E-state index contributed by atoms with van der Waals surface area (Å²) in [6.07, 6.45) is 4.21. The number of ether oxygens (including phenoxy) is 5. The molecular formula is C36H45ClN2O6Si. The molecule has 2 heterocycles. The predicted molar refractivity (Wildman–Crippen MR) is 186 cm³/mol. The van der Waals surface area contributed by atoms with Crippen LogP contribution in [0.2, 0.25) is 30.7 Å². The Bertz CT molecular complexity index is 1660. The minimum atomic E-state index is -1.27. The first-order chi connectivity index (χ1) is 22.1. The fourth-order valence-electron chi connectivity index (χ4n) is 5.46. The second-order valence-electron chi connectivity index (χ2n) is 13.0. The number of pyridine rings is 1. The van der Waals surface area contributed by atoms with Gasteiger partial charge in [-0.15, -0.1) is 0 Å². The van der Waals surface area contributed by atoms with E-state index in [0.29, 0.717) is 47.8 Å². The van der Waals surface area contributed by atoms with E-state index in [1.807, 2.05) is 65.4 Å². The lowest BCUT2D eigenvalue weighted by molar-refractivity contribution is 0.0895. The van der Waals surface area contributed by atoms with Gasteiger partial charge in [0.1, 0.15) is 31.4 Å². The molecule has 0 atom stereocenters. The van der Waals surface area contributed by atoms with Gasteiger partial charge in [0.25, 0.3) is 0 Å². The Hall–Kier alpha value is -3.50. The van der Waals surface area contributed by atoms with Crippen molar-refractivity contribution in [1.82, 2.24) is 9.47 Å². The number of hydrogen-bond donors (Lipinski definition) is 0. The second kappa shape index (κ2) is 15.4. The molecular weight excluding hydrogens is 620 g/mol. The fraction of sp³-hybridized carbons (Fsp3) is 0.417. The zero-order chi connectivity index (χ0) is 32.7. The molecule has 1 aliphatic rings. The number of nitrogens with zero attached hydrogens (tertiary/aromatic N) is 2. The molecule has 0 bridgehead atoms. The number of rotatable bonds is 15. The monoisotopic (exact) mass is 664 g/mol. The molecule has 0 amide bonds. The summed E-state index contributed by atoms with van der Waals surface area (Å²) in [5.74, 6) is 2.31. The molecule has 5 rings (SSSR count). The van der Waals surface area contributed by atoms with Crippen LogP contribution in [-0.2, 0) is 31.2 Å². The van der Waals surface area contributed by atoms with E-state index >= 15 is 0 Å². The van der Waals surface area contributed by atoms with Crippen molar-refractivity contribution in [3.05, 3.63) is 92.7 Å². The summed E-state index contributed by atoms with van der Waals surface area (Å²) in [6.45, 7) is 11.0. The molecule has 0 aliphatic carbocycles. The predicted octanol–water partition coefficient (Wildman–Crippen LogP) is 7.74. The molecule has 0 spiro atoms. The van der Waals surface area contributed by atoms with Crippen molar-refractivity contribution in [2.24, 2.45) is 0 Å². The Morgan fingerprint density at radius 1 is 0.848 bits per heavy atom. The summed E-state index contributed by atoms with van der Waals surface area (Å²) in [5.41, 5.74) is 3.12. The van der Waals surface area contributed by atoms with E-state index in [-0.39, 0.29) is 23.7 Å². The molecule has 0 saturated carbocycles. The summed E-state index contributed by atoms with van der Waals surface area (Å²) >= 11 is 7.17. The first-order valence-electron chi connectivity index (χ1n) is 15.9. The first kappa shape index (κ1) is 33.8. The molecule has 1 aromatic heterocycles. The van der Waals surface area contributed by atoms with Crippen LogP contribution in [0.15, 0.2) is 65.6 Å². The van der Waals surface area contributed by atoms with Gasteiger partial charge < -0.3 is 28.3 Å². The fourth-order valence-corrected chi connectivity index (χ4v) is 6.55. The maximum atomic E-state index is 14.1. The van der Waals surface area contributed by atoms with Crippen LogP contribution in [0, 0.1) is 0 Å². The molecule has 246 valence electrons. The van der Waals surface area contributed by atoms with Crippen LogP contribution in [0.3, 0.4) is 0 Å². The number of aromatic nitrogens is 1. The molecule has 8 nitrogen and oxygen atoms in total. The van der Waals surface area contributed by atoms with Crippen LogP contribution in [0.1, 0.15) is 29.5 Å². The van der Waals surface area contributed by atoms with Gasteiger partial charge in [0.2, 0.25) is 0 Å². The normalized spacial score (nSPS) is 13.7. The Labute approximate surface area is 277 Å². The number of likely N-dealkylation sites (tertiary alicyclic amines) is 1. The van der Waals surface area contributed by atoms with Crippen molar-refractivity contribution < 1.29 is 23.7 Å². The summed E-state index contributed by atoms with van der Waals surface area (Å²) < 4.78 is 31.5. The van der Waals surface area contributed by atoms with Gasteiger partial charge >= 0.3 is 0 Å². The largest absolute Gasteiger partial charge is 0.497 e. The smallest absolute Gasteiger partial charge is 0.195 e. The molecule has 4 aromatic rings. The maximum absolute atomic E-state index is 14.1. The van der Waals surface area contributed by atoms with E-state index in [1.54, 1.807) is 14.2 Å². The number of fused-ring (bicyclic) bond motifs is 1. The van der Waals surface area contributed by atoms with Crippen LogP contribution < -0.4 is 24.4 Å². The van der Waals surface area contributed by atoms with Gasteiger partial charge in [0.15, 0.2) is 16.9 Å². The molecule has 1 fully saturated rings. The van der Waals surface area contributed by atoms with E-state index in [1.165, 1.54) is 0 Å². The lowest BCUT2D eigenvalue weighted by Crippen LogP contribution is -2.25. The Morgan fingerprint density at radius 3 is 2.00 bits per heavy atom. The minimum absolute atomic E-state index is 0.0961. The molecule has 1 saturated heterocycles. The van der Waals surface area contributed by atoms with Crippen LogP contribution in [0.25, 0.3) is 10.9 Å². The van der Waals surface area contributed by atoms with Gasteiger partial charge in [-0.3, -0.25) is 9.69 Å². The highest BCUT2D eigenvalue weighted by Crippen LogP contribution is 2.41. The van der Waals surface area contributed by atoms with Crippen LogP contribution in [0.4, 0.5) is 0 Å². The summed E-state index contributed by atoms with van der Waals surface area (Å²) in [5, 5.41) is 0.647. The van der Waals surface area contributed by atoms with Crippen LogP contribution >= 0.6 is 11.6 Å². The average Bonchev–Trinajstić information content (AvgIpc) is 3.56.